The van der Waals surface area contributed by atoms with Crippen LogP contribution in [0.5, 0.6) is 0 Å². The lowest BCUT2D eigenvalue weighted by Gasteiger charge is -2.08. The zero-order valence-corrected chi connectivity index (χ0v) is 22.3. The number of anilines is 1. The number of hydrogen-bond acceptors (Lipinski definition) is 6. The fraction of sp³-hybridized carbons (Fsp3) is 0.0769. The van der Waals surface area contributed by atoms with Crippen LogP contribution in [0, 0.1) is 0 Å². The topological polar surface area (TPSA) is 91.6 Å². The predicted octanol–water partition coefficient (Wildman–Crippen LogP) is 6.46. The molecule has 2 N–H and O–H groups in total. The standard InChI is InChI=1S/C26H20BrClN6OS/c1-2-36-26-31-30-25(33(26)19-6-4-3-5-7-19)22-21(29)23(24(35)16-8-10-17(27)11-9-16)34(32-22)20-14-12-18(28)13-15-20/h3-15H,2,29H2,1H3. The van der Waals surface area contributed by atoms with E-state index < -0.39 is 0 Å². The molecule has 36 heavy (non-hydrogen) atoms. The summed E-state index contributed by atoms with van der Waals surface area (Å²) in [6, 6.07) is 23.9. The van der Waals surface area contributed by atoms with Gasteiger partial charge in [0.25, 0.3) is 0 Å². The Morgan fingerprint density at radius 2 is 1.67 bits per heavy atom. The van der Waals surface area contributed by atoms with Gasteiger partial charge in [-0.25, -0.2) is 4.68 Å². The van der Waals surface area contributed by atoms with Crippen LogP contribution in [-0.2, 0) is 0 Å². The first-order valence-electron chi connectivity index (χ1n) is 11.1. The third-order valence-electron chi connectivity index (χ3n) is 5.45. The van der Waals surface area contributed by atoms with Crippen LogP contribution in [0.15, 0.2) is 88.5 Å². The maximum absolute atomic E-state index is 13.7. The Kier molecular flexibility index (Phi) is 6.95. The zero-order chi connectivity index (χ0) is 25.2. The Morgan fingerprint density at radius 1 is 0.972 bits per heavy atom. The van der Waals surface area contributed by atoms with Crippen LogP contribution in [0.2, 0.25) is 5.02 Å². The number of thioether (sulfide) groups is 1. The van der Waals surface area contributed by atoms with Crippen molar-refractivity contribution in [3.05, 3.63) is 99.6 Å². The minimum atomic E-state index is -0.261. The lowest BCUT2D eigenvalue weighted by atomic mass is 10.1. The maximum atomic E-state index is 13.7. The van der Waals surface area contributed by atoms with Gasteiger partial charge in [-0.3, -0.25) is 9.36 Å². The largest absolute Gasteiger partial charge is 0.395 e. The molecule has 2 aromatic heterocycles. The van der Waals surface area contributed by atoms with E-state index in [0.717, 1.165) is 15.9 Å². The number of para-hydroxylation sites is 1. The van der Waals surface area contributed by atoms with Crippen molar-refractivity contribution in [2.24, 2.45) is 0 Å². The van der Waals surface area contributed by atoms with Crippen molar-refractivity contribution in [3.63, 3.8) is 0 Å². The van der Waals surface area contributed by atoms with Crippen molar-refractivity contribution in [2.75, 3.05) is 11.5 Å². The molecule has 0 amide bonds. The van der Waals surface area contributed by atoms with Crippen molar-refractivity contribution in [2.45, 2.75) is 12.1 Å². The molecule has 5 aromatic rings. The lowest BCUT2D eigenvalue weighted by molar-refractivity contribution is 0.103. The van der Waals surface area contributed by atoms with Crippen LogP contribution in [0.25, 0.3) is 22.9 Å². The average Bonchev–Trinajstić information content (AvgIpc) is 3.46. The number of ketones is 1. The molecule has 0 spiro atoms. The van der Waals surface area contributed by atoms with E-state index in [1.165, 1.54) is 0 Å². The molecule has 0 fully saturated rings. The summed E-state index contributed by atoms with van der Waals surface area (Å²) in [5.74, 6) is 1.00. The monoisotopic (exact) mass is 578 g/mol. The number of carbonyl (C=O) groups excluding carboxylic acids is 1. The molecular formula is C26H20BrClN6OS. The molecule has 0 radical (unpaired) electrons. The van der Waals surface area contributed by atoms with Crippen LogP contribution in [0.3, 0.4) is 0 Å². The Labute approximate surface area is 225 Å². The van der Waals surface area contributed by atoms with E-state index in [2.05, 4.69) is 26.1 Å². The van der Waals surface area contributed by atoms with Gasteiger partial charge in [0.1, 0.15) is 5.69 Å². The minimum absolute atomic E-state index is 0.218. The number of nitrogen functional groups attached to an aromatic ring is 1. The summed E-state index contributed by atoms with van der Waals surface area (Å²) >= 11 is 11.1. The highest BCUT2D eigenvalue weighted by molar-refractivity contribution is 9.10. The fourth-order valence-electron chi connectivity index (χ4n) is 3.78. The minimum Gasteiger partial charge on any atom is -0.395 e. The van der Waals surface area contributed by atoms with Crippen molar-refractivity contribution in [1.29, 1.82) is 0 Å². The Balaban J connectivity index is 1.74. The number of rotatable bonds is 7. The first-order chi connectivity index (χ1) is 17.5. The SMILES string of the molecule is CCSc1nnc(-c2nn(-c3ccc(Cl)cc3)c(C(=O)c3ccc(Br)cc3)c2N)n1-c1ccccc1. The Morgan fingerprint density at radius 3 is 2.33 bits per heavy atom. The first kappa shape index (κ1) is 24.3. The van der Waals surface area contributed by atoms with Gasteiger partial charge in [-0.05, 0) is 66.4 Å². The lowest BCUT2D eigenvalue weighted by Crippen LogP contribution is -2.12. The van der Waals surface area contributed by atoms with E-state index in [9.17, 15) is 4.79 Å². The second-order valence-electron chi connectivity index (χ2n) is 7.75. The highest BCUT2D eigenvalue weighted by atomic mass is 79.9. The van der Waals surface area contributed by atoms with Gasteiger partial charge >= 0.3 is 0 Å². The third kappa shape index (κ3) is 4.57. The van der Waals surface area contributed by atoms with Gasteiger partial charge in [-0.2, -0.15) is 5.10 Å². The summed E-state index contributed by atoms with van der Waals surface area (Å²) in [5, 5.41) is 14.9. The molecule has 7 nitrogen and oxygen atoms in total. The van der Waals surface area contributed by atoms with Crippen molar-refractivity contribution in [3.8, 4) is 22.9 Å². The summed E-state index contributed by atoms with van der Waals surface area (Å²) in [7, 11) is 0. The van der Waals surface area contributed by atoms with E-state index in [4.69, 9.17) is 22.4 Å². The highest BCUT2D eigenvalue weighted by Crippen LogP contribution is 2.34. The van der Waals surface area contributed by atoms with Crippen LogP contribution in [0.1, 0.15) is 23.0 Å². The predicted molar refractivity (Wildman–Crippen MR) is 147 cm³/mol. The Hall–Kier alpha value is -3.40. The quantitative estimate of drug-likeness (QED) is 0.176. The van der Waals surface area contributed by atoms with Crippen LogP contribution < -0.4 is 5.73 Å². The van der Waals surface area contributed by atoms with Gasteiger partial charge in [0.2, 0.25) is 5.78 Å². The van der Waals surface area contributed by atoms with Crippen LogP contribution in [0.4, 0.5) is 5.69 Å². The maximum Gasteiger partial charge on any atom is 0.213 e. The second-order valence-corrected chi connectivity index (χ2v) is 10.3. The molecule has 0 saturated carbocycles. The normalized spacial score (nSPS) is 11.1. The molecule has 5 rings (SSSR count). The molecule has 0 unspecified atom stereocenters. The molecule has 0 aliphatic heterocycles. The Bertz CT molecular complexity index is 1530. The van der Waals surface area contributed by atoms with E-state index in [0.29, 0.717) is 32.9 Å². The molecule has 3 aromatic carbocycles. The molecular weight excluding hydrogens is 560 g/mol. The van der Waals surface area contributed by atoms with Crippen molar-refractivity contribution >= 4 is 50.8 Å². The molecule has 0 atom stereocenters. The summed E-state index contributed by atoms with van der Waals surface area (Å²) in [4.78, 5) is 13.7. The summed E-state index contributed by atoms with van der Waals surface area (Å²) in [6.07, 6.45) is 0. The molecule has 2 heterocycles. The number of benzene rings is 3. The third-order valence-corrected chi connectivity index (χ3v) is 7.04. The second kappa shape index (κ2) is 10.3. The fourth-order valence-corrected chi connectivity index (χ4v) is 4.84. The van der Waals surface area contributed by atoms with Gasteiger partial charge in [0, 0.05) is 20.7 Å². The number of hydrogen-bond donors (Lipinski definition) is 1. The zero-order valence-electron chi connectivity index (χ0n) is 19.1. The van der Waals surface area contributed by atoms with Crippen LogP contribution in [-0.4, -0.2) is 36.1 Å². The van der Waals surface area contributed by atoms with E-state index in [-0.39, 0.29) is 17.2 Å². The number of aromatic nitrogens is 5. The smallest absolute Gasteiger partial charge is 0.213 e. The van der Waals surface area contributed by atoms with Crippen molar-refractivity contribution < 1.29 is 4.79 Å². The van der Waals surface area contributed by atoms with Crippen molar-refractivity contribution in [1.82, 2.24) is 24.5 Å². The van der Waals surface area contributed by atoms with E-state index in [1.54, 1.807) is 52.8 Å². The van der Waals surface area contributed by atoms with Gasteiger partial charge in [0.15, 0.2) is 16.7 Å². The van der Waals surface area contributed by atoms with Gasteiger partial charge in [-0.1, -0.05) is 64.4 Å². The summed E-state index contributed by atoms with van der Waals surface area (Å²) < 4.78 is 4.32. The van der Waals surface area contributed by atoms with E-state index >= 15 is 0 Å². The van der Waals surface area contributed by atoms with Gasteiger partial charge in [-0.15, -0.1) is 10.2 Å². The number of halogens is 2. The van der Waals surface area contributed by atoms with Gasteiger partial charge < -0.3 is 5.73 Å². The molecule has 0 saturated heterocycles. The van der Waals surface area contributed by atoms with Gasteiger partial charge in [0.05, 0.1) is 11.4 Å². The number of nitrogens with two attached hydrogens (primary N) is 1. The van der Waals surface area contributed by atoms with Crippen LogP contribution >= 0.6 is 39.3 Å². The number of carbonyl (C=O) groups is 1. The highest BCUT2D eigenvalue weighted by Gasteiger charge is 2.28. The molecule has 0 aliphatic carbocycles. The molecule has 0 bridgehead atoms. The molecule has 10 heteroatoms. The first-order valence-corrected chi connectivity index (χ1v) is 13.2. The van der Waals surface area contributed by atoms with E-state index in [1.807, 2.05) is 54.0 Å². The summed E-state index contributed by atoms with van der Waals surface area (Å²) in [5.41, 5.74) is 9.50. The molecule has 0 aliphatic rings. The summed E-state index contributed by atoms with van der Waals surface area (Å²) in [6.45, 7) is 2.05. The molecule has 180 valence electrons. The number of nitrogens with zero attached hydrogens (tertiary/aromatic N) is 5. The average molecular weight is 580 g/mol.